The molecule has 0 saturated heterocycles. The van der Waals surface area contributed by atoms with Gasteiger partial charge in [0.2, 0.25) is 0 Å². The zero-order valence-corrected chi connectivity index (χ0v) is 14.6. The lowest BCUT2D eigenvalue weighted by Gasteiger charge is -2.16. The van der Waals surface area contributed by atoms with Gasteiger partial charge in [-0.25, -0.2) is 0 Å². The van der Waals surface area contributed by atoms with Gasteiger partial charge < -0.3 is 10.6 Å². The van der Waals surface area contributed by atoms with Crippen molar-refractivity contribution in [1.29, 1.82) is 0 Å². The summed E-state index contributed by atoms with van der Waals surface area (Å²) in [6.07, 6.45) is 0. The van der Waals surface area contributed by atoms with Gasteiger partial charge in [0.25, 0.3) is 0 Å². The van der Waals surface area contributed by atoms with Crippen LogP contribution in [0.1, 0.15) is 23.9 Å². The molecule has 0 aliphatic rings. The van der Waals surface area contributed by atoms with Gasteiger partial charge in [0.15, 0.2) is 5.96 Å². The molecule has 2 N–H and O–H groups in total. The molecule has 0 radical (unpaired) electrons. The van der Waals surface area contributed by atoms with Crippen molar-refractivity contribution in [2.24, 2.45) is 10.9 Å². The van der Waals surface area contributed by atoms with E-state index in [1.165, 1.54) is 11.3 Å². The van der Waals surface area contributed by atoms with E-state index in [4.69, 9.17) is 0 Å². The van der Waals surface area contributed by atoms with E-state index in [0.717, 1.165) is 31.3 Å². The molecule has 2 aromatic heterocycles. The topological polar surface area (TPSA) is 54.2 Å². The van der Waals surface area contributed by atoms with Gasteiger partial charge in [-0.05, 0) is 48.2 Å². The van der Waals surface area contributed by atoms with Gasteiger partial charge >= 0.3 is 0 Å². The maximum absolute atomic E-state index is 4.51. The van der Waals surface area contributed by atoms with Crippen LogP contribution >= 0.6 is 11.3 Å². The van der Waals surface area contributed by atoms with Crippen molar-refractivity contribution < 1.29 is 0 Å². The summed E-state index contributed by atoms with van der Waals surface area (Å²) in [6, 6.07) is 4.23. The molecule has 2 heterocycles. The van der Waals surface area contributed by atoms with E-state index in [0.29, 0.717) is 5.92 Å². The summed E-state index contributed by atoms with van der Waals surface area (Å²) >= 11 is 1.71. The van der Waals surface area contributed by atoms with Crippen LogP contribution in [0.15, 0.2) is 27.9 Å². The van der Waals surface area contributed by atoms with Crippen LogP contribution in [-0.4, -0.2) is 29.3 Å². The molecule has 0 saturated carbocycles. The van der Waals surface area contributed by atoms with Crippen LogP contribution in [-0.2, 0) is 13.1 Å². The molecule has 0 aromatic carbocycles. The highest BCUT2D eigenvalue weighted by molar-refractivity contribution is 7.07. The molecular weight excluding hydrogens is 294 g/mol. The third-order valence-corrected chi connectivity index (χ3v) is 4.20. The Kier molecular flexibility index (Phi) is 6.00. The largest absolute Gasteiger partial charge is 0.356 e. The Morgan fingerprint density at radius 3 is 2.82 bits per heavy atom. The fourth-order valence-electron chi connectivity index (χ4n) is 2.29. The zero-order chi connectivity index (χ0) is 15.9. The monoisotopic (exact) mass is 319 g/mol. The van der Waals surface area contributed by atoms with Crippen LogP contribution in [0, 0.1) is 19.8 Å². The number of thiophene rings is 1. The lowest BCUT2D eigenvalue weighted by atomic mass is 10.2. The first-order chi connectivity index (χ1) is 10.6. The summed E-state index contributed by atoms with van der Waals surface area (Å²) in [6.45, 7) is 8.92. The van der Waals surface area contributed by atoms with Gasteiger partial charge in [-0.3, -0.25) is 9.67 Å². The smallest absolute Gasteiger partial charge is 0.191 e. The van der Waals surface area contributed by atoms with Crippen molar-refractivity contribution in [3.63, 3.8) is 0 Å². The quantitative estimate of drug-likeness (QED) is 0.635. The lowest BCUT2D eigenvalue weighted by molar-refractivity contribution is 0.436. The highest BCUT2D eigenvalue weighted by atomic mass is 32.1. The molecule has 0 amide bonds. The van der Waals surface area contributed by atoms with Crippen molar-refractivity contribution >= 4 is 17.3 Å². The third kappa shape index (κ3) is 4.87. The third-order valence-electron chi connectivity index (χ3n) is 3.47. The van der Waals surface area contributed by atoms with Crippen LogP contribution in [0.2, 0.25) is 0 Å². The second kappa shape index (κ2) is 7.98. The Hall–Kier alpha value is -1.82. The number of aryl methyl sites for hydroxylation is 2. The number of rotatable bonds is 6. The SMILES string of the molecule is CN=C(NCc1ccsc1)NCC(C)Cn1nc(C)cc1C. The van der Waals surface area contributed by atoms with E-state index in [1.807, 2.05) is 6.92 Å². The number of hydrogen-bond donors (Lipinski definition) is 2. The molecule has 2 aromatic rings. The Morgan fingerprint density at radius 1 is 1.41 bits per heavy atom. The number of aromatic nitrogens is 2. The lowest BCUT2D eigenvalue weighted by Crippen LogP contribution is -2.39. The second-order valence-electron chi connectivity index (χ2n) is 5.65. The normalized spacial score (nSPS) is 13.2. The van der Waals surface area contributed by atoms with E-state index >= 15 is 0 Å². The Labute approximate surface area is 136 Å². The first kappa shape index (κ1) is 16.5. The number of nitrogens with zero attached hydrogens (tertiary/aromatic N) is 3. The minimum atomic E-state index is 0.470. The van der Waals surface area contributed by atoms with Gasteiger partial charge in [-0.15, -0.1) is 0 Å². The van der Waals surface area contributed by atoms with Gasteiger partial charge in [0.05, 0.1) is 5.69 Å². The zero-order valence-electron chi connectivity index (χ0n) is 13.8. The number of nitrogens with one attached hydrogen (secondary N) is 2. The fraction of sp³-hybridized carbons (Fsp3) is 0.500. The maximum atomic E-state index is 4.51. The summed E-state index contributed by atoms with van der Waals surface area (Å²) in [5.74, 6) is 1.31. The van der Waals surface area contributed by atoms with Crippen LogP contribution < -0.4 is 10.6 Å². The van der Waals surface area contributed by atoms with E-state index in [2.05, 4.69) is 62.1 Å². The van der Waals surface area contributed by atoms with Crippen LogP contribution in [0.25, 0.3) is 0 Å². The second-order valence-corrected chi connectivity index (χ2v) is 6.43. The molecule has 1 atom stereocenters. The molecule has 0 aliphatic heterocycles. The molecule has 1 unspecified atom stereocenters. The molecule has 120 valence electrons. The molecule has 0 bridgehead atoms. The molecular formula is C16H25N5S. The molecule has 5 nitrogen and oxygen atoms in total. The molecule has 6 heteroatoms. The van der Waals surface area contributed by atoms with E-state index in [9.17, 15) is 0 Å². The predicted molar refractivity (Wildman–Crippen MR) is 93.4 cm³/mol. The standard InChI is InChI=1S/C16H25N5S/c1-12(10-21-14(3)7-13(2)20-21)8-18-16(17-4)19-9-15-5-6-22-11-15/h5-7,11-12H,8-10H2,1-4H3,(H2,17,18,19). The minimum absolute atomic E-state index is 0.470. The first-order valence-corrected chi connectivity index (χ1v) is 8.49. The average molecular weight is 319 g/mol. The maximum Gasteiger partial charge on any atom is 0.191 e. The van der Waals surface area contributed by atoms with Crippen molar-refractivity contribution in [3.05, 3.63) is 39.8 Å². The number of aliphatic imine (C=N–C) groups is 1. The summed E-state index contributed by atoms with van der Waals surface area (Å²) in [7, 11) is 1.80. The average Bonchev–Trinajstić information content (AvgIpc) is 3.09. The molecule has 0 spiro atoms. The Balaban J connectivity index is 1.76. The van der Waals surface area contributed by atoms with Crippen LogP contribution in [0.5, 0.6) is 0 Å². The predicted octanol–water partition coefficient (Wildman–Crippen LogP) is 2.56. The Morgan fingerprint density at radius 2 is 2.23 bits per heavy atom. The summed E-state index contributed by atoms with van der Waals surface area (Å²) in [4.78, 5) is 4.26. The van der Waals surface area contributed by atoms with Crippen LogP contribution in [0.3, 0.4) is 0 Å². The van der Waals surface area contributed by atoms with Crippen molar-refractivity contribution in [2.75, 3.05) is 13.6 Å². The van der Waals surface area contributed by atoms with Gasteiger partial charge in [-0.1, -0.05) is 6.92 Å². The molecule has 22 heavy (non-hydrogen) atoms. The van der Waals surface area contributed by atoms with E-state index in [1.54, 1.807) is 18.4 Å². The molecule has 2 rings (SSSR count). The van der Waals surface area contributed by atoms with E-state index < -0.39 is 0 Å². The van der Waals surface area contributed by atoms with Crippen LogP contribution in [0.4, 0.5) is 0 Å². The van der Waals surface area contributed by atoms with Crippen molar-refractivity contribution in [3.8, 4) is 0 Å². The van der Waals surface area contributed by atoms with Gasteiger partial charge in [-0.2, -0.15) is 16.4 Å². The van der Waals surface area contributed by atoms with Crippen molar-refractivity contribution in [1.82, 2.24) is 20.4 Å². The summed E-state index contributed by atoms with van der Waals surface area (Å²) in [5.41, 5.74) is 3.57. The van der Waals surface area contributed by atoms with Gasteiger partial charge in [0, 0.05) is 32.4 Å². The van der Waals surface area contributed by atoms with Gasteiger partial charge in [0.1, 0.15) is 0 Å². The first-order valence-electron chi connectivity index (χ1n) is 7.55. The highest BCUT2D eigenvalue weighted by Gasteiger charge is 2.08. The van der Waals surface area contributed by atoms with Crippen molar-refractivity contribution in [2.45, 2.75) is 33.9 Å². The molecule has 0 fully saturated rings. The van der Waals surface area contributed by atoms with E-state index in [-0.39, 0.29) is 0 Å². The summed E-state index contributed by atoms with van der Waals surface area (Å²) < 4.78 is 2.07. The Bertz CT molecular complexity index is 600. The number of guanidine groups is 1. The minimum Gasteiger partial charge on any atom is -0.356 e. The number of hydrogen-bond acceptors (Lipinski definition) is 3. The highest BCUT2D eigenvalue weighted by Crippen LogP contribution is 2.06. The molecule has 0 aliphatic carbocycles. The summed E-state index contributed by atoms with van der Waals surface area (Å²) in [5, 5.41) is 15.5. The fourth-order valence-corrected chi connectivity index (χ4v) is 2.96.